The lowest BCUT2D eigenvalue weighted by Gasteiger charge is -2.41. The van der Waals surface area contributed by atoms with Crippen molar-refractivity contribution in [2.24, 2.45) is 5.92 Å². The van der Waals surface area contributed by atoms with E-state index in [1.54, 1.807) is 6.33 Å². The first-order valence-corrected chi connectivity index (χ1v) is 12.0. The van der Waals surface area contributed by atoms with Gasteiger partial charge in [-0.15, -0.1) is 0 Å². The molecule has 0 saturated carbocycles. The van der Waals surface area contributed by atoms with Crippen LogP contribution >= 0.6 is 11.8 Å². The van der Waals surface area contributed by atoms with Crippen LogP contribution < -0.4 is 0 Å². The molecule has 1 atom stereocenters. The topological polar surface area (TPSA) is 75.2 Å². The summed E-state index contributed by atoms with van der Waals surface area (Å²) in [6.45, 7) is 10.4. The molecule has 5 nitrogen and oxygen atoms in total. The molecule has 2 aromatic carbocycles. The molecule has 1 aromatic heterocycles. The number of aryl methyl sites for hydroxylation is 1. The number of rotatable bonds is 6. The maximum Gasteiger partial charge on any atom is 0.349 e. The molecule has 6 heteroatoms. The van der Waals surface area contributed by atoms with Crippen LogP contribution in [0.25, 0.3) is 11.0 Å². The fraction of sp³-hybridized carbons (Fsp3) is 0.385. The average molecular weight is 451 g/mol. The van der Waals surface area contributed by atoms with Crippen molar-refractivity contribution in [3.8, 4) is 0 Å². The predicted octanol–water partition coefficient (Wildman–Crippen LogP) is 6.61. The van der Waals surface area contributed by atoms with Crippen molar-refractivity contribution in [2.75, 3.05) is 0 Å². The summed E-state index contributed by atoms with van der Waals surface area (Å²) in [6.07, 6.45) is 2.75. The fourth-order valence-electron chi connectivity index (χ4n) is 4.45. The van der Waals surface area contributed by atoms with Gasteiger partial charge in [-0.1, -0.05) is 70.6 Å². The lowest BCUT2D eigenvalue weighted by atomic mass is 9.76. The zero-order chi connectivity index (χ0) is 23.0. The van der Waals surface area contributed by atoms with E-state index in [0.29, 0.717) is 0 Å². The van der Waals surface area contributed by atoms with Gasteiger partial charge in [0.05, 0.1) is 23.8 Å². The molecular weight excluding hydrogens is 420 g/mol. The van der Waals surface area contributed by atoms with Crippen molar-refractivity contribution in [1.29, 1.82) is 0 Å². The van der Waals surface area contributed by atoms with Crippen molar-refractivity contribution in [3.63, 3.8) is 0 Å². The van der Waals surface area contributed by atoms with Crippen molar-refractivity contribution in [1.82, 2.24) is 9.97 Å². The molecule has 3 aromatic rings. The molecule has 2 heterocycles. The lowest BCUT2D eigenvalue weighted by molar-refractivity contribution is -0.165. The summed E-state index contributed by atoms with van der Waals surface area (Å²) in [6, 6.07) is 12.1. The zero-order valence-electron chi connectivity index (χ0n) is 19.2. The molecular formula is C26H30N2O3S. The summed E-state index contributed by atoms with van der Waals surface area (Å²) < 4.78 is 6.19. The predicted molar refractivity (Wildman–Crippen MR) is 129 cm³/mol. The van der Waals surface area contributed by atoms with Gasteiger partial charge in [-0.05, 0) is 47.1 Å². The molecule has 0 fully saturated rings. The Morgan fingerprint density at radius 1 is 1.22 bits per heavy atom. The second-order valence-electron chi connectivity index (χ2n) is 8.96. The number of aliphatic hydroxyl groups excluding tert-OH is 1. The Hall–Kier alpha value is -2.73. The van der Waals surface area contributed by atoms with Gasteiger partial charge in [0.2, 0.25) is 0 Å². The van der Waals surface area contributed by atoms with E-state index in [0.717, 1.165) is 39.0 Å². The number of carbonyl (C=O) groups excluding carboxylic acids is 1. The summed E-state index contributed by atoms with van der Waals surface area (Å²) in [7, 11) is 0. The number of carbonyl (C=O) groups is 1. The number of aromatic nitrogens is 2. The molecule has 4 rings (SSSR count). The maximum absolute atomic E-state index is 13.3. The molecule has 1 aliphatic rings. The van der Waals surface area contributed by atoms with E-state index in [1.165, 1.54) is 11.8 Å². The Bertz CT molecular complexity index is 1190. The number of cyclic esters (lactones) is 1. The number of aromatic amines is 1. The number of H-pyrrole nitrogens is 1. The number of nitrogens with zero attached hydrogens (tertiary/aromatic N) is 1. The summed E-state index contributed by atoms with van der Waals surface area (Å²) in [5, 5.41) is 11.1. The number of thioether (sulfide) groups is 1. The highest BCUT2D eigenvalue weighted by Gasteiger charge is 2.47. The monoisotopic (exact) mass is 450 g/mol. The van der Waals surface area contributed by atoms with Crippen LogP contribution in [0.3, 0.4) is 0 Å². The minimum atomic E-state index is -0.884. The number of ether oxygens (including phenoxy) is 1. The van der Waals surface area contributed by atoms with Crippen LogP contribution in [0.5, 0.6) is 0 Å². The number of imidazole rings is 1. The van der Waals surface area contributed by atoms with Gasteiger partial charge >= 0.3 is 5.97 Å². The smallest absolute Gasteiger partial charge is 0.349 e. The summed E-state index contributed by atoms with van der Waals surface area (Å²) in [5.74, 6) is -0.143. The third kappa shape index (κ3) is 3.81. The standard InChI is InChI=1S/C26H30N2O3S/c1-6-17-9-7-8-10-19(17)26(16(4)5)13-22(29)24(25(30)31-26)32-23-12-21-20(27-14-28-21)11-18(23)15(2)3/h7-12,14-16,29H,6,13H2,1-5H3,(H,27,28)/t26-/m0/s1. The van der Waals surface area contributed by atoms with Gasteiger partial charge < -0.3 is 14.8 Å². The Labute approximate surface area is 193 Å². The van der Waals surface area contributed by atoms with Gasteiger partial charge in [-0.2, -0.15) is 0 Å². The molecule has 0 unspecified atom stereocenters. The zero-order valence-corrected chi connectivity index (χ0v) is 20.0. The maximum atomic E-state index is 13.3. The molecule has 0 bridgehead atoms. The van der Waals surface area contributed by atoms with E-state index in [-0.39, 0.29) is 28.9 Å². The van der Waals surface area contributed by atoms with Crippen LogP contribution in [-0.2, 0) is 21.6 Å². The van der Waals surface area contributed by atoms with Gasteiger partial charge in [0, 0.05) is 4.90 Å². The summed E-state index contributed by atoms with van der Waals surface area (Å²) in [5.41, 5.74) is 4.10. The van der Waals surface area contributed by atoms with Crippen LogP contribution in [0, 0.1) is 5.92 Å². The number of hydrogen-bond acceptors (Lipinski definition) is 5. The first-order valence-electron chi connectivity index (χ1n) is 11.2. The largest absolute Gasteiger partial charge is 0.511 e. The Kier molecular flexibility index (Phi) is 6.08. The van der Waals surface area contributed by atoms with Gasteiger partial charge in [-0.25, -0.2) is 9.78 Å². The SMILES string of the molecule is CCc1ccccc1[C@@]1(C(C)C)CC(O)=C(Sc2cc3nc[nH]c3cc2C(C)C)C(=O)O1. The van der Waals surface area contributed by atoms with Gasteiger partial charge in [0.25, 0.3) is 0 Å². The minimum Gasteiger partial charge on any atom is -0.511 e. The molecule has 0 spiro atoms. The highest BCUT2D eigenvalue weighted by Crippen LogP contribution is 2.48. The average Bonchev–Trinajstić information content (AvgIpc) is 3.22. The molecule has 0 saturated heterocycles. The van der Waals surface area contributed by atoms with E-state index in [4.69, 9.17) is 4.74 Å². The minimum absolute atomic E-state index is 0.000480. The second kappa shape index (κ2) is 8.66. The third-order valence-electron chi connectivity index (χ3n) is 6.33. The first kappa shape index (κ1) is 22.5. The number of benzene rings is 2. The fourth-order valence-corrected chi connectivity index (χ4v) is 5.57. The molecule has 0 amide bonds. The van der Waals surface area contributed by atoms with Crippen molar-refractivity contribution < 1.29 is 14.6 Å². The molecule has 0 radical (unpaired) electrons. The van der Waals surface area contributed by atoms with Gasteiger partial charge in [0.1, 0.15) is 16.3 Å². The first-order chi connectivity index (χ1) is 15.3. The van der Waals surface area contributed by atoms with Gasteiger partial charge in [0.15, 0.2) is 0 Å². The normalized spacial score (nSPS) is 19.3. The number of fused-ring (bicyclic) bond motifs is 1. The second-order valence-corrected chi connectivity index (χ2v) is 10.0. The van der Waals surface area contributed by atoms with Crippen LogP contribution in [0.1, 0.15) is 63.6 Å². The number of aliphatic hydroxyl groups is 1. The van der Waals surface area contributed by atoms with Gasteiger partial charge in [-0.3, -0.25) is 0 Å². The van der Waals surface area contributed by atoms with Crippen LogP contribution in [0.15, 0.2) is 58.3 Å². The highest BCUT2D eigenvalue weighted by molar-refractivity contribution is 8.04. The van der Waals surface area contributed by atoms with Crippen molar-refractivity contribution in [2.45, 2.75) is 63.9 Å². The van der Waals surface area contributed by atoms with Crippen molar-refractivity contribution >= 4 is 28.8 Å². The van der Waals surface area contributed by atoms with Crippen LogP contribution in [-0.4, -0.2) is 21.0 Å². The van der Waals surface area contributed by atoms with E-state index in [2.05, 4.69) is 42.9 Å². The number of esters is 1. The molecule has 2 N–H and O–H groups in total. The number of hydrogen-bond donors (Lipinski definition) is 2. The Morgan fingerprint density at radius 2 is 1.97 bits per heavy atom. The Morgan fingerprint density at radius 3 is 2.62 bits per heavy atom. The van der Waals surface area contributed by atoms with Crippen LogP contribution in [0.2, 0.25) is 0 Å². The molecule has 0 aliphatic carbocycles. The Balaban J connectivity index is 1.77. The molecule has 1 aliphatic heterocycles. The van der Waals surface area contributed by atoms with E-state index in [9.17, 15) is 9.90 Å². The number of nitrogens with one attached hydrogen (secondary N) is 1. The third-order valence-corrected chi connectivity index (χ3v) is 7.50. The van der Waals surface area contributed by atoms with Crippen molar-refractivity contribution in [3.05, 3.63) is 70.1 Å². The quantitative estimate of drug-likeness (QED) is 0.413. The molecule has 168 valence electrons. The van der Waals surface area contributed by atoms with E-state index in [1.807, 2.05) is 38.1 Å². The lowest BCUT2D eigenvalue weighted by Crippen LogP contribution is -2.42. The highest BCUT2D eigenvalue weighted by atomic mass is 32.2. The van der Waals surface area contributed by atoms with E-state index < -0.39 is 11.6 Å². The summed E-state index contributed by atoms with van der Waals surface area (Å²) >= 11 is 1.27. The summed E-state index contributed by atoms with van der Waals surface area (Å²) in [4.78, 5) is 22.0. The molecule has 32 heavy (non-hydrogen) atoms. The van der Waals surface area contributed by atoms with E-state index >= 15 is 0 Å². The van der Waals surface area contributed by atoms with Crippen LogP contribution in [0.4, 0.5) is 0 Å².